The zero-order valence-electron chi connectivity index (χ0n) is 8.33. The van der Waals surface area contributed by atoms with Crippen LogP contribution in [0.5, 0.6) is 0 Å². The van der Waals surface area contributed by atoms with Crippen molar-refractivity contribution in [1.82, 2.24) is 0 Å². The molecule has 0 saturated carbocycles. The van der Waals surface area contributed by atoms with Crippen LogP contribution in [0.25, 0.3) is 0 Å². The van der Waals surface area contributed by atoms with E-state index in [0.717, 1.165) is 0 Å². The predicted octanol–water partition coefficient (Wildman–Crippen LogP) is 2.35. The summed E-state index contributed by atoms with van der Waals surface area (Å²) >= 11 is 0. The predicted molar refractivity (Wildman–Crippen MR) is 48.9 cm³/mol. The van der Waals surface area contributed by atoms with Gasteiger partial charge in [-0.05, 0) is 13.8 Å². The summed E-state index contributed by atoms with van der Waals surface area (Å²) in [7, 11) is 0. The van der Waals surface area contributed by atoms with Crippen LogP contribution in [0.3, 0.4) is 0 Å². The van der Waals surface area contributed by atoms with Gasteiger partial charge in [0.1, 0.15) is 5.60 Å². The molecule has 1 saturated heterocycles. The molecule has 1 fully saturated rings. The SMILES string of the molecule is C=C[C@]1(C)O[C@@H](C(C)C)O[C@H]1C. The van der Waals surface area contributed by atoms with Crippen LogP contribution in [-0.4, -0.2) is 18.0 Å². The Balaban J connectivity index is 2.68. The number of rotatable bonds is 2. The molecular formula is C10H18O2. The summed E-state index contributed by atoms with van der Waals surface area (Å²) in [5.74, 6) is 0.397. The van der Waals surface area contributed by atoms with Crippen molar-refractivity contribution in [3.05, 3.63) is 12.7 Å². The minimum atomic E-state index is -0.311. The van der Waals surface area contributed by atoms with Gasteiger partial charge in [-0.15, -0.1) is 6.58 Å². The molecule has 0 aromatic rings. The van der Waals surface area contributed by atoms with Crippen LogP contribution in [0.4, 0.5) is 0 Å². The maximum absolute atomic E-state index is 5.73. The van der Waals surface area contributed by atoms with E-state index in [2.05, 4.69) is 20.4 Å². The molecule has 2 nitrogen and oxygen atoms in total. The minimum absolute atomic E-state index is 0.0806. The lowest BCUT2D eigenvalue weighted by Crippen LogP contribution is -2.31. The Labute approximate surface area is 74.6 Å². The van der Waals surface area contributed by atoms with Gasteiger partial charge in [0, 0.05) is 5.92 Å². The molecule has 2 heteroatoms. The fraction of sp³-hybridized carbons (Fsp3) is 0.800. The zero-order chi connectivity index (χ0) is 9.35. The Kier molecular flexibility index (Phi) is 2.59. The van der Waals surface area contributed by atoms with E-state index in [0.29, 0.717) is 5.92 Å². The molecule has 3 atom stereocenters. The van der Waals surface area contributed by atoms with Gasteiger partial charge in [-0.25, -0.2) is 0 Å². The molecule has 0 aromatic carbocycles. The Morgan fingerprint density at radius 2 is 2.08 bits per heavy atom. The van der Waals surface area contributed by atoms with Gasteiger partial charge in [0.15, 0.2) is 6.29 Å². The van der Waals surface area contributed by atoms with E-state index in [1.807, 2.05) is 19.9 Å². The summed E-state index contributed by atoms with van der Waals surface area (Å²) in [6.45, 7) is 12.0. The van der Waals surface area contributed by atoms with E-state index in [-0.39, 0.29) is 18.0 Å². The fourth-order valence-electron chi connectivity index (χ4n) is 1.22. The van der Waals surface area contributed by atoms with Gasteiger partial charge in [0.2, 0.25) is 0 Å². The highest BCUT2D eigenvalue weighted by molar-refractivity contribution is 5.01. The Hall–Kier alpha value is -0.340. The molecule has 0 radical (unpaired) electrons. The van der Waals surface area contributed by atoms with E-state index in [1.54, 1.807) is 0 Å². The molecule has 1 heterocycles. The van der Waals surface area contributed by atoms with Crippen molar-refractivity contribution in [2.24, 2.45) is 5.92 Å². The third-order valence-electron chi connectivity index (χ3n) is 2.47. The zero-order valence-corrected chi connectivity index (χ0v) is 8.33. The summed E-state index contributed by atoms with van der Waals surface area (Å²) in [6, 6.07) is 0. The van der Waals surface area contributed by atoms with Crippen molar-refractivity contribution in [1.29, 1.82) is 0 Å². The molecule has 0 bridgehead atoms. The normalized spacial score (nSPS) is 42.1. The number of hydrogen-bond donors (Lipinski definition) is 0. The first-order valence-electron chi connectivity index (χ1n) is 4.46. The van der Waals surface area contributed by atoms with Crippen LogP contribution in [0.15, 0.2) is 12.7 Å². The molecule has 0 unspecified atom stereocenters. The van der Waals surface area contributed by atoms with Crippen molar-refractivity contribution < 1.29 is 9.47 Å². The lowest BCUT2D eigenvalue weighted by atomic mass is 10.0. The van der Waals surface area contributed by atoms with E-state index < -0.39 is 0 Å². The first-order chi connectivity index (χ1) is 5.49. The second kappa shape index (κ2) is 3.19. The molecule has 12 heavy (non-hydrogen) atoms. The lowest BCUT2D eigenvalue weighted by Gasteiger charge is -2.21. The average molecular weight is 170 g/mol. The van der Waals surface area contributed by atoms with Crippen molar-refractivity contribution in [3.63, 3.8) is 0 Å². The van der Waals surface area contributed by atoms with Crippen LogP contribution in [0.1, 0.15) is 27.7 Å². The molecule has 1 rings (SSSR count). The highest BCUT2D eigenvalue weighted by Crippen LogP contribution is 2.33. The Bertz CT molecular complexity index is 177. The average Bonchev–Trinajstić information content (AvgIpc) is 2.30. The smallest absolute Gasteiger partial charge is 0.161 e. The van der Waals surface area contributed by atoms with Gasteiger partial charge in [-0.3, -0.25) is 0 Å². The molecule has 0 aliphatic carbocycles. The Morgan fingerprint density at radius 3 is 2.33 bits per heavy atom. The van der Waals surface area contributed by atoms with E-state index in [1.165, 1.54) is 0 Å². The third-order valence-corrected chi connectivity index (χ3v) is 2.47. The highest BCUT2D eigenvalue weighted by atomic mass is 16.7. The van der Waals surface area contributed by atoms with E-state index in [4.69, 9.17) is 9.47 Å². The monoisotopic (exact) mass is 170 g/mol. The van der Waals surface area contributed by atoms with E-state index >= 15 is 0 Å². The largest absolute Gasteiger partial charge is 0.346 e. The summed E-state index contributed by atoms with van der Waals surface area (Å²) in [4.78, 5) is 0. The first kappa shape index (κ1) is 9.75. The van der Waals surface area contributed by atoms with Crippen molar-refractivity contribution >= 4 is 0 Å². The van der Waals surface area contributed by atoms with Gasteiger partial charge in [-0.1, -0.05) is 19.9 Å². The van der Waals surface area contributed by atoms with Crippen molar-refractivity contribution in [3.8, 4) is 0 Å². The maximum Gasteiger partial charge on any atom is 0.161 e. The molecule has 1 aliphatic rings. The summed E-state index contributed by atoms with van der Waals surface area (Å²) in [5, 5.41) is 0. The van der Waals surface area contributed by atoms with Crippen LogP contribution in [0, 0.1) is 5.92 Å². The molecule has 0 spiro atoms. The standard InChI is InChI=1S/C10H18O2/c1-6-10(5)8(4)11-9(12-10)7(2)3/h6-9H,1H2,2-5H3/t8-,9-,10-/m0/s1. The first-order valence-corrected chi connectivity index (χ1v) is 4.46. The minimum Gasteiger partial charge on any atom is -0.346 e. The van der Waals surface area contributed by atoms with Crippen LogP contribution in [-0.2, 0) is 9.47 Å². The van der Waals surface area contributed by atoms with Gasteiger partial charge in [0.25, 0.3) is 0 Å². The highest BCUT2D eigenvalue weighted by Gasteiger charge is 2.42. The summed E-state index contributed by atoms with van der Waals surface area (Å²) in [5.41, 5.74) is -0.311. The van der Waals surface area contributed by atoms with Crippen LogP contribution < -0.4 is 0 Å². The molecule has 0 aromatic heterocycles. The second-order valence-electron chi connectivity index (χ2n) is 3.90. The van der Waals surface area contributed by atoms with Gasteiger partial charge in [0.05, 0.1) is 6.10 Å². The van der Waals surface area contributed by atoms with Gasteiger partial charge >= 0.3 is 0 Å². The molecule has 1 aliphatic heterocycles. The fourth-order valence-corrected chi connectivity index (χ4v) is 1.22. The second-order valence-corrected chi connectivity index (χ2v) is 3.90. The molecule has 0 N–H and O–H groups in total. The van der Waals surface area contributed by atoms with Crippen molar-refractivity contribution in [2.45, 2.75) is 45.7 Å². The summed E-state index contributed by atoms with van der Waals surface area (Å²) < 4.78 is 11.4. The maximum atomic E-state index is 5.73. The van der Waals surface area contributed by atoms with Crippen LogP contribution >= 0.6 is 0 Å². The van der Waals surface area contributed by atoms with Gasteiger partial charge < -0.3 is 9.47 Å². The van der Waals surface area contributed by atoms with Crippen molar-refractivity contribution in [2.75, 3.05) is 0 Å². The van der Waals surface area contributed by atoms with E-state index in [9.17, 15) is 0 Å². The number of ether oxygens (including phenoxy) is 2. The third kappa shape index (κ3) is 1.54. The quantitative estimate of drug-likeness (QED) is 0.592. The lowest BCUT2D eigenvalue weighted by molar-refractivity contribution is -0.102. The molecule has 0 amide bonds. The molecular weight excluding hydrogens is 152 g/mol. The van der Waals surface area contributed by atoms with Crippen LogP contribution in [0.2, 0.25) is 0 Å². The topological polar surface area (TPSA) is 18.5 Å². The molecule has 70 valence electrons. The number of hydrogen-bond acceptors (Lipinski definition) is 2. The summed E-state index contributed by atoms with van der Waals surface area (Å²) in [6.07, 6.45) is 1.84. The Morgan fingerprint density at radius 1 is 1.50 bits per heavy atom. The van der Waals surface area contributed by atoms with Gasteiger partial charge in [-0.2, -0.15) is 0 Å².